The van der Waals surface area contributed by atoms with Gasteiger partial charge in [-0.05, 0) is 43.2 Å². The van der Waals surface area contributed by atoms with Gasteiger partial charge in [0.05, 0.1) is 33.5 Å². The van der Waals surface area contributed by atoms with Gasteiger partial charge in [0.1, 0.15) is 0 Å². The number of terminal acetylenes is 1. The van der Waals surface area contributed by atoms with Gasteiger partial charge in [0, 0.05) is 10.9 Å². The van der Waals surface area contributed by atoms with E-state index in [9.17, 15) is 4.79 Å². The molecule has 0 bridgehead atoms. The summed E-state index contributed by atoms with van der Waals surface area (Å²) >= 11 is 1.49. The molecule has 0 atom stereocenters. The van der Waals surface area contributed by atoms with Gasteiger partial charge >= 0.3 is 0 Å². The molecule has 2 heterocycles. The third kappa shape index (κ3) is 3.86. The molecule has 4 nitrogen and oxygen atoms in total. The van der Waals surface area contributed by atoms with Gasteiger partial charge in [-0.15, -0.1) is 6.42 Å². The molecule has 5 rings (SSSR count). The fourth-order valence-electron chi connectivity index (χ4n) is 4.10. The molecule has 0 spiro atoms. The van der Waals surface area contributed by atoms with E-state index in [1.807, 2.05) is 65.2 Å². The first-order valence-corrected chi connectivity index (χ1v) is 11.4. The van der Waals surface area contributed by atoms with Gasteiger partial charge < -0.3 is 4.57 Å². The number of aryl methyl sites for hydroxylation is 2. The van der Waals surface area contributed by atoms with Crippen LogP contribution in [0.1, 0.15) is 21.5 Å². The van der Waals surface area contributed by atoms with Crippen LogP contribution in [0.15, 0.2) is 77.8 Å². The lowest BCUT2D eigenvalue weighted by molar-refractivity contribution is 0.0999. The Morgan fingerprint density at radius 2 is 1.82 bits per heavy atom. The van der Waals surface area contributed by atoms with Crippen LogP contribution in [0.5, 0.6) is 0 Å². The molecular weight excluding hydrogens is 426 g/mol. The van der Waals surface area contributed by atoms with E-state index in [4.69, 9.17) is 11.4 Å². The van der Waals surface area contributed by atoms with Gasteiger partial charge in [-0.3, -0.25) is 4.79 Å². The number of para-hydroxylation sites is 1. The van der Waals surface area contributed by atoms with Gasteiger partial charge in [-0.25, -0.2) is 4.98 Å². The fraction of sp³-hybridized carbons (Fsp3) is 0.107. The first-order valence-electron chi connectivity index (χ1n) is 10.6. The molecule has 0 fully saturated rings. The van der Waals surface area contributed by atoms with Gasteiger partial charge in [0.25, 0.3) is 5.91 Å². The predicted octanol–water partition coefficient (Wildman–Crippen LogP) is 5.91. The van der Waals surface area contributed by atoms with Gasteiger partial charge in [0.15, 0.2) is 4.80 Å². The van der Waals surface area contributed by atoms with Crippen LogP contribution in [0.2, 0.25) is 0 Å². The Bertz CT molecular complexity index is 1640. The number of benzene rings is 3. The highest BCUT2D eigenvalue weighted by Gasteiger charge is 2.15. The zero-order valence-electron chi connectivity index (χ0n) is 18.4. The second kappa shape index (κ2) is 8.50. The van der Waals surface area contributed by atoms with Crippen LogP contribution in [0.3, 0.4) is 0 Å². The summed E-state index contributed by atoms with van der Waals surface area (Å²) < 4.78 is 3.03. The van der Waals surface area contributed by atoms with E-state index in [1.54, 1.807) is 0 Å². The van der Waals surface area contributed by atoms with Crippen LogP contribution in [0.25, 0.3) is 32.4 Å². The van der Waals surface area contributed by atoms with Crippen LogP contribution in [0.4, 0.5) is 0 Å². The molecule has 33 heavy (non-hydrogen) atoms. The third-order valence-corrected chi connectivity index (χ3v) is 6.81. The summed E-state index contributed by atoms with van der Waals surface area (Å²) in [5.41, 5.74) is 6.28. The zero-order valence-corrected chi connectivity index (χ0v) is 19.2. The van der Waals surface area contributed by atoms with Crippen molar-refractivity contribution in [1.82, 2.24) is 9.55 Å². The van der Waals surface area contributed by atoms with E-state index < -0.39 is 0 Å². The van der Waals surface area contributed by atoms with Gasteiger partial charge in [-0.2, -0.15) is 4.99 Å². The number of carbonyl (C=O) groups is 1. The summed E-state index contributed by atoms with van der Waals surface area (Å²) in [6, 6.07) is 23.6. The maximum absolute atomic E-state index is 13.5. The molecule has 1 amide bonds. The van der Waals surface area contributed by atoms with E-state index in [1.165, 1.54) is 11.3 Å². The van der Waals surface area contributed by atoms with Crippen molar-refractivity contribution in [2.45, 2.75) is 20.4 Å². The molecule has 0 aliphatic carbocycles. The van der Waals surface area contributed by atoms with E-state index >= 15 is 0 Å². The van der Waals surface area contributed by atoms with Crippen molar-refractivity contribution in [3.05, 3.63) is 94.3 Å². The van der Waals surface area contributed by atoms with E-state index in [0.29, 0.717) is 16.9 Å². The van der Waals surface area contributed by atoms with E-state index in [2.05, 4.69) is 36.9 Å². The number of amides is 1. The topological polar surface area (TPSA) is 47.2 Å². The molecule has 2 aromatic heterocycles. The van der Waals surface area contributed by atoms with Crippen molar-refractivity contribution in [2.75, 3.05) is 0 Å². The second-order valence-electron chi connectivity index (χ2n) is 7.96. The smallest absolute Gasteiger partial charge is 0.280 e. The first-order chi connectivity index (χ1) is 16.0. The number of aromatic nitrogens is 2. The Morgan fingerprint density at radius 1 is 1.06 bits per heavy atom. The average Bonchev–Trinajstić information content (AvgIpc) is 3.16. The van der Waals surface area contributed by atoms with Crippen molar-refractivity contribution < 1.29 is 4.79 Å². The Kier molecular flexibility index (Phi) is 5.37. The van der Waals surface area contributed by atoms with Crippen molar-refractivity contribution in [2.24, 2.45) is 4.99 Å². The van der Waals surface area contributed by atoms with Crippen LogP contribution >= 0.6 is 11.3 Å². The predicted molar refractivity (Wildman–Crippen MR) is 135 cm³/mol. The highest BCUT2D eigenvalue weighted by Crippen LogP contribution is 2.26. The molecule has 0 unspecified atom stereocenters. The van der Waals surface area contributed by atoms with Crippen molar-refractivity contribution in [3.8, 4) is 23.6 Å². The van der Waals surface area contributed by atoms with Gasteiger partial charge in [0.2, 0.25) is 0 Å². The highest BCUT2D eigenvalue weighted by atomic mass is 32.1. The molecule has 0 N–H and O–H groups in total. The highest BCUT2D eigenvalue weighted by molar-refractivity contribution is 7.16. The monoisotopic (exact) mass is 447 g/mol. The number of rotatable bonds is 3. The lowest BCUT2D eigenvalue weighted by atomic mass is 10.0. The number of hydrogen-bond donors (Lipinski definition) is 0. The molecule has 5 aromatic rings. The van der Waals surface area contributed by atoms with Crippen LogP contribution in [-0.2, 0) is 6.54 Å². The molecule has 5 heteroatoms. The number of thiazole rings is 1. The maximum Gasteiger partial charge on any atom is 0.280 e. The first kappa shape index (κ1) is 20.9. The average molecular weight is 448 g/mol. The Morgan fingerprint density at radius 3 is 2.61 bits per heavy atom. The molecule has 0 radical (unpaired) electrons. The summed E-state index contributed by atoms with van der Waals surface area (Å²) in [4.78, 5) is 23.5. The molecule has 0 aliphatic rings. The maximum atomic E-state index is 13.5. The SMILES string of the molecule is C#CCn1c(=NC(=O)c2cc(-c3ccccc3)nc3ccccc23)sc2c(C)cc(C)cc21. The summed E-state index contributed by atoms with van der Waals surface area (Å²) in [7, 11) is 0. The van der Waals surface area contributed by atoms with Crippen LogP contribution in [-0.4, -0.2) is 15.5 Å². The summed E-state index contributed by atoms with van der Waals surface area (Å²) in [6.07, 6.45) is 5.66. The molecular formula is C28H21N3OS. The number of pyridine rings is 1. The number of hydrogen-bond acceptors (Lipinski definition) is 3. The molecule has 160 valence electrons. The Labute approximate surface area is 195 Å². The van der Waals surface area contributed by atoms with Crippen molar-refractivity contribution >= 4 is 38.4 Å². The standard InChI is InChI=1S/C28H21N3OS/c1-4-14-31-25-16-18(2)15-19(3)26(25)33-28(31)30-27(32)22-17-24(20-10-6-5-7-11-20)29-23-13-9-8-12-21(22)23/h1,5-13,15-17H,14H2,2-3H3. The van der Waals surface area contributed by atoms with E-state index in [-0.39, 0.29) is 5.91 Å². The summed E-state index contributed by atoms with van der Waals surface area (Å²) in [5, 5.41) is 0.780. The Hall–Kier alpha value is -4.01. The van der Waals surface area contributed by atoms with Gasteiger partial charge in [-0.1, -0.05) is 71.9 Å². The zero-order chi connectivity index (χ0) is 22.9. The van der Waals surface area contributed by atoms with E-state index in [0.717, 1.165) is 43.5 Å². The third-order valence-electron chi connectivity index (χ3n) is 5.58. The van der Waals surface area contributed by atoms with Crippen LogP contribution < -0.4 is 4.80 Å². The minimum Gasteiger partial charge on any atom is -0.305 e. The summed E-state index contributed by atoms with van der Waals surface area (Å²) in [5.74, 6) is 2.40. The Balaban J connectivity index is 1.73. The van der Waals surface area contributed by atoms with Crippen molar-refractivity contribution in [3.63, 3.8) is 0 Å². The lowest BCUT2D eigenvalue weighted by Crippen LogP contribution is -2.16. The normalized spacial score (nSPS) is 11.7. The lowest BCUT2D eigenvalue weighted by Gasteiger charge is -2.07. The largest absolute Gasteiger partial charge is 0.305 e. The number of fused-ring (bicyclic) bond motifs is 2. The molecule has 0 saturated heterocycles. The summed E-state index contributed by atoms with van der Waals surface area (Å²) in [6.45, 7) is 4.47. The molecule has 0 saturated carbocycles. The fourth-order valence-corrected chi connectivity index (χ4v) is 5.18. The number of carbonyl (C=O) groups excluding carboxylic acids is 1. The minimum absolute atomic E-state index is 0.308. The van der Waals surface area contributed by atoms with Crippen LogP contribution in [0, 0.1) is 26.2 Å². The van der Waals surface area contributed by atoms with Crippen molar-refractivity contribution in [1.29, 1.82) is 0 Å². The second-order valence-corrected chi connectivity index (χ2v) is 8.94. The quantitative estimate of drug-likeness (QED) is 0.323. The molecule has 0 aliphatic heterocycles. The molecule has 3 aromatic carbocycles. The minimum atomic E-state index is -0.308. The number of nitrogens with zero attached hydrogens (tertiary/aromatic N) is 3.